The van der Waals surface area contributed by atoms with Gasteiger partial charge >= 0.3 is 7.60 Å². The van der Waals surface area contributed by atoms with Crippen LogP contribution in [0, 0.1) is 12.8 Å². The van der Waals surface area contributed by atoms with E-state index in [2.05, 4.69) is 29.6 Å². The van der Waals surface area contributed by atoms with E-state index >= 15 is 0 Å². The number of hydrogen-bond donors (Lipinski definition) is 1. The monoisotopic (exact) mass is 637 g/mol. The Kier molecular flexibility index (Phi) is 12.3. The first-order valence-corrected chi connectivity index (χ1v) is 17.4. The highest BCUT2D eigenvalue weighted by Crippen LogP contribution is 2.48. The van der Waals surface area contributed by atoms with Crippen molar-refractivity contribution < 1.29 is 23.1 Å². The van der Waals surface area contributed by atoms with Crippen LogP contribution in [0.4, 0.5) is 5.69 Å². The summed E-state index contributed by atoms with van der Waals surface area (Å²) in [5.41, 5.74) is 3.39. The van der Waals surface area contributed by atoms with E-state index in [1.165, 1.54) is 0 Å². The molecule has 0 saturated heterocycles. The number of hydrazone groups is 1. The van der Waals surface area contributed by atoms with Crippen molar-refractivity contribution in [1.29, 1.82) is 0 Å². The van der Waals surface area contributed by atoms with Crippen LogP contribution in [-0.4, -0.2) is 50.3 Å². The third kappa shape index (κ3) is 8.81. The normalized spacial score (nSPS) is 20.9. The number of amides is 1. The second kappa shape index (κ2) is 15.7. The molecule has 1 saturated carbocycles. The molecule has 1 N–H and O–H groups in total. The van der Waals surface area contributed by atoms with Gasteiger partial charge in [0.1, 0.15) is 5.71 Å². The average Bonchev–Trinajstić information content (AvgIpc) is 3.40. The second-order valence-electron chi connectivity index (χ2n) is 10.8. The summed E-state index contributed by atoms with van der Waals surface area (Å²) in [6.45, 7) is 7.36. The fourth-order valence-electron chi connectivity index (χ4n) is 5.59. The first kappa shape index (κ1) is 33.0. The summed E-state index contributed by atoms with van der Waals surface area (Å²) >= 11 is 12.7. The Morgan fingerprint density at radius 3 is 2.48 bits per heavy atom. The molecule has 0 spiro atoms. The molecule has 1 heterocycles. The van der Waals surface area contributed by atoms with Crippen LogP contribution in [0.2, 0.25) is 10.0 Å². The van der Waals surface area contributed by atoms with Crippen LogP contribution < -0.4 is 10.3 Å². The quantitative estimate of drug-likeness (QED) is 0.167. The molecule has 2 aromatic carbocycles. The number of nitrogens with one attached hydrogen (secondary N) is 1. The Hall–Kier alpha value is -1.93. The number of halogens is 2. The van der Waals surface area contributed by atoms with Gasteiger partial charge in [0.25, 0.3) is 5.91 Å². The van der Waals surface area contributed by atoms with Crippen molar-refractivity contribution in [3.63, 3.8) is 0 Å². The van der Waals surface area contributed by atoms with E-state index in [4.69, 9.17) is 42.1 Å². The number of benzene rings is 2. The van der Waals surface area contributed by atoms with Crippen molar-refractivity contribution in [2.24, 2.45) is 11.0 Å². The van der Waals surface area contributed by atoms with Gasteiger partial charge in [-0.2, -0.15) is 5.10 Å². The lowest BCUT2D eigenvalue weighted by Crippen LogP contribution is -2.46. The fraction of sp³-hybridized carbons (Fsp3) is 0.548. The van der Waals surface area contributed by atoms with Crippen molar-refractivity contribution >= 4 is 48.1 Å². The lowest BCUT2D eigenvalue weighted by molar-refractivity contribution is -0.116. The summed E-state index contributed by atoms with van der Waals surface area (Å²) in [7, 11) is -3.07. The summed E-state index contributed by atoms with van der Waals surface area (Å²) in [4.78, 5) is 13.6. The Balaban J connectivity index is 1.39. The van der Waals surface area contributed by atoms with Gasteiger partial charge in [0.2, 0.25) is 0 Å². The molecule has 3 atom stereocenters. The predicted molar refractivity (Wildman–Crippen MR) is 170 cm³/mol. The van der Waals surface area contributed by atoms with Crippen LogP contribution in [0.3, 0.4) is 0 Å². The van der Waals surface area contributed by atoms with E-state index in [0.717, 1.165) is 36.8 Å². The largest absolute Gasteiger partial charge is 0.381 e. The molecule has 0 bridgehead atoms. The van der Waals surface area contributed by atoms with Gasteiger partial charge in [0.05, 0.1) is 42.7 Å². The Morgan fingerprint density at radius 2 is 1.79 bits per heavy atom. The average molecular weight is 639 g/mol. The molecule has 1 fully saturated rings. The van der Waals surface area contributed by atoms with E-state index in [1.54, 1.807) is 12.1 Å². The standard InChI is InChI=1S/C31H42Cl2N3O5P/c1-4-40-42(38,41-5-2)18-8-17-39-21-24-9-6-7-10-27(24)34-31(37)28-20-30(23-13-11-22(3)12-14-23)36(35-28)29-16-15-25(32)19-26(29)33/h11-16,19,24,27,30H,4-10,17-18,20-21H2,1-3H3,(H,34,37). The number of hydrogen-bond acceptors (Lipinski definition) is 7. The van der Waals surface area contributed by atoms with Crippen LogP contribution >= 0.6 is 30.8 Å². The minimum absolute atomic E-state index is 0.00195. The molecule has 0 aromatic heterocycles. The fourth-order valence-corrected chi connectivity index (χ4v) is 7.72. The maximum atomic E-state index is 13.6. The van der Waals surface area contributed by atoms with Crippen molar-refractivity contribution in [3.05, 3.63) is 63.6 Å². The third-order valence-electron chi connectivity index (χ3n) is 7.72. The van der Waals surface area contributed by atoms with Crippen molar-refractivity contribution in [2.75, 3.05) is 37.6 Å². The summed E-state index contributed by atoms with van der Waals surface area (Å²) in [5, 5.41) is 10.9. The highest BCUT2D eigenvalue weighted by atomic mass is 35.5. The summed E-state index contributed by atoms with van der Waals surface area (Å²) in [6, 6.07) is 13.4. The van der Waals surface area contributed by atoms with Gasteiger partial charge in [-0.1, -0.05) is 65.9 Å². The van der Waals surface area contributed by atoms with Gasteiger partial charge in [-0.25, -0.2) is 0 Å². The van der Waals surface area contributed by atoms with E-state index in [0.29, 0.717) is 66.9 Å². The zero-order valence-electron chi connectivity index (χ0n) is 24.7. The second-order valence-corrected chi connectivity index (χ2v) is 13.9. The molecule has 1 aliphatic heterocycles. The zero-order valence-corrected chi connectivity index (χ0v) is 27.1. The highest BCUT2D eigenvalue weighted by molar-refractivity contribution is 7.53. The molecule has 3 unspecified atom stereocenters. The maximum Gasteiger partial charge on any atom is 0.330 e. The van der Waals surface area contributed by atoms with E-state index in [9.17, 15) is 9.36 Å². The van der Waals surface area contributed by atoms with Crippen LogP contribution in [0.5, 0.6) is 0 Å². The number of anilines is 1. The number of carbonyl (C=O) groups is 1. The molecule has 42 heavy (non-hydrogen) atoms. The lowest BCUT2D eigenvalue weighted by atomic mass is 9.85. The smallest absolute Gasteiger partial charge is 0.330 e. The Bertz CT molecular complexity index is 1270. The van der Waals surface area contributed by atoms with Gasteiger partial charge in [-0.05, 0) is 63.8 Å². The Morgan fingerprint density at radius 1 is 1.07 bits per heavy atom. The summed E-state index contributed by atoms with van der Waals surface area (Å²) in [5.74, 6) is 0.0379. The molecular formula is C31H42Cl2N3O5P. The van der Waals surface area contributed by atoms with Crippen LogP contribution in [0.15, 0.2) is 47.6 Å². The number of carbonyl (C=O) groups excluding carboxylic acids is 1. The molecule has 4 rings (SSSR count). The third-order valence-corrected chi connectivity index (χ3v) is 10.4. The van der Waals surface area contributed by atoms with Crippen LogP contribution in [-0.2, 0) is 23.1 Å². The van der Waals surface area contributed by atoms with Gasteiger partial charge in [0, 0.05) is 30.0 Å². The van der Waals surface area contributed by atoms with Gasteiger partial charge in [-0.3, -0.25) is 14.4 Å². The first-order chi connectivity index (χ1) is 20.2. The molecule has 230 valence electrons. The van der Waals surface area contributed by atoms with Crippen LogP contribution in [0.25, 0.3) is 0 Å². The maximum absolute atomic E-state index is 13.6. The molecule has 1 amide bonds. The Labute approximate surface area is 259 Å². The number of aryl methyl sites for hydroxylation is 1. The molecular weight excluding hydrogens is 596 g/mol. The number of rotatable bonds is 14. The highest BCUT2D eigenvalue weighted by Gasteiger charge is 2.35. The van der Waals surface area contributed by atoms with Gasteiger partial charge in [-0.15, -0.1) is 0 Å². The molecule has 11 heteroatoms. The minimum atomic E-state index is -3.07. The topological polar surface area (TPSA) is 89.5 Å². The summed E-state index contributed by atoms with van der Waals surface area (Å²) in [6.07, 6.45) is 5.40. The van der Waals surface area contributed by atoms with Crippen molar-refractivity contribution in [1.82, 2.24) is 5.32 Å². The molecule has 2 aliphatic rings. The van der Waals surface area contributed by atoms with E-state index < -0.39 is 7.60 Å². The zero-order chi connectivity index (χ0) is 30.1. The molecule has 8 nitrogen and oxygen atoms in total. The molecule has 0 radical (unpaired) electrons. The molecule has 1 aliphatic carbocycles. The van der Waals surface area contributed by atoms with E-state index in [1.807, 2.05) is 31.8 Å². The van der Waals surface area contributed by atoms with E-state index in [-0.39, 0.29) is 23.9 Å². The van der Waals surface area contributed by atoms with Gasteiger partial charge < -0.3 is 19.1 Å². The minimum Gasteiger partial charge on any atom is -0.381 e. The lowest BCUT2D eigenvalue weighted by Gasteiger charge is -2.32. The predicted octanol–water partition coefficient (Wildman–Crippen LogP) is 7.96. The number of nitrogens with zero attached hydrogens (tertiary/aromatic N) is 2. The summed E-state index contributed by atoms with van der Waals surface area (Å²) < 4.78 is 29.4. The van der Waals surface area contributed by atoms with Crippen molar-refractivity contribution in [2.45, 2.75) is 71.4 Å². The van der Waals surface area contributed by atoms with Crippen molar-refractivity contribution in [3.8, 4) is 0 Å². The van der Waals surface area contributed by atoms with Gasteiger partial charge in [0.15, 0.2) is 0 Å². The SMILES string of the molecule is CCOP(=O)(CCCOCC1CCCCC1NC(=O)C1=NN(c2ccc(Cl)cc2Cl)C(c2ccc(C)cc2)C1)OCC. The molecule has 2 aromatic rings. The first-order valence-electron chi connectivity index (χ1n) is 14.9. The number of ether oxygens (including phenoxy) is 1. The van der Waals surface area contributed by atoms with Crippen LogP contribution in [0.1, 0.15) is 69.5 Å².